The molecule has 1 N–H and O–H groups in total. The topological polar surface area (TPSA) is 26.7 Å². The molecular weight excluding hydrogens is 243 g/mol. The Balaban J connectivity index is 2.31. The third-order valence-electron chi connectivity index (χ3n) is 3.75. The highest BCUT2D eigenvalue weighted by Crippen LogP contribution is 2.28. The van der Waals surface area contributed by atoms with Crippen molar-refractivity contribution in [3.63, 3.8) is 0 Å². The molecule has 3 nitrogen and oxygen atoms in total. The van der Waals surface area contributed by atoms with Crippen LogP contribution >= 0.6 is 0 Å². The number of aliphatic hydroxyl groups is 1. The SMILES string of the molecule is CN1CC(C)(C)CN(c2ccccc2F)CC1CO. The van der Waals surface area contributed by atoms with Crippen LogP contribution in [0.2, 0.25) is 0 Å². The van der Waals surface area contributed by atoms with E-state index in [0.29, 0.717) is 12.2 Å². The fraction of sp³-hybridized carbons (Fsp3) is 0.600. The molecule has 1 aromatic rings. The van der Waals surface area contributed by atoms with Gasteiger partial charge < -0.3 is 10.0 Å². The van der Waals surface area contributed by atoms with Gasteiger partial charge in [0.25, 0.3) is 0 Å². The molecule has 1 aliphatic rings. The Morgan fingerprint density at radius 2 is 2.00 bits per heavy atom. The normalized spacial score (nSPS) is 24.3. The van der Waals surface area contributed by atoms with E-state index in [-0.39, 0.29) is 23.9 Å². The maximum atomic E-state index is 14.0. The van der Waals surface area contributed by atoms with Crippen molar-refractivity contribution in [3.05, 3.63) is 30.1 Å². The lowest BCUT2D eigenvalue weighted by atomic mass is 9.92. The van der Waals surface area contributed by atoms with E-state index in [1.54, 1.807) is 6.07 Å². The van der Waals surface area contributed by atoms with Crippen molar-refractivity contribution in [2.24, 2.45) is 5.41 Å². The number of nitrogens with zero attached hydrogens (tertiary/aromatic N) is 2. The summed E-state index contributed by atoms with van der Waals surface area (Å²) in [5.74, 6) is -0.195. The Labute approximate surface area is 114 Å². The quantitative estimate of drug-likeness (QED) is 0.886. The van der Waals surface area contributed by atoms with Crippen LogP contribution in [0.5, 0.6) is 0 Å². The van der Waals surface area contributed by atoms with E-state index in [1.807, 2.05) is 19.2 Å². The van der Waals surface area contributed by atoms with Crippen LogP contribution in [0.25, 0.3) is 0 Å². The summed E-state index contributed by atoms with van der Waals surface area (Å²) in [6, 6.07) is 6.91. The third-order valence-corrected chi connectivity index (χ3v) is 3.75. The minimum atomic E-state index is -0.195. The fourth-order valence-corrected chi connectivity index (χ4v) is 2.92. The smallest absolute Gasteiger partial charge is 0.146 e. The zero-order chi connectivity index (χ0) is 14.0. The summed E-state index contributed by atoms with van der Waals surface area (Å²) in [7, 11) is 2.02. The first-order valence-corrected chi connectivity index (χ1v) is 6.73. The van der Waals surface area contributed by atoms with Gasteiger partial charge in [0.1, 0.15) is 5.82 Å². The Kier molecular flexibility index (Phi) is 4.11. The molecule has 19 heavy (non-hydrogen) atoms. The van der Waals surface area contributed by atoms with E-state index in [2.05, 4.69) is 23.6 Å². The van der Waals surface area contributed by atoms with Crippen molar-refractivity contribution < 1.29 is 9.50 Å². The summed E-state index contributed by atoms with van der Waals surface area (Å²) < 4.78 is 14.0. The lowest BCUT2D eigenvalue weighted by molar-refractivity contribution is 0.133. The van der Waals surface area contributed by atoms with Gasteiger partial charge in [0.05, 0.1) is 12.3 Å². The predicted molar refractivity (Wildman–Crippen MR) is 75.9 cm³/mol. The van der Waals surface area contributed by atoms with Crippen molar-refractivity contribution >= 4 is 5.69 Å². The minimum absolute atomic E-state index is 0.0429. The monoisotopic (exact) mass is 266 g/mol. The van der Waals surface area contributed by atoms with Crippen LogP contribution in [0.3, 0.4) is 0 Å². The number of aliphatic hydroxyl groups excluding tert-OH is 1. The van der Waals surface area contributed by atoms with E-state index >= 15 is 0 Å². The Morgan fingerprint density at radius 3 is 2.63 bits per heavy atom. The summed E-state index contributed by atoms with van der Waals surface area (Å²) >= 11 is 0. The van der Waals surface area contributed by atoms with Gasteiger partial charge in [-0.2, -0.15) is 0 Å². The van der Waals surface area contributed by atoms with Crippen LogP contribution < -0.4 is 4.90 Å². The zero-order valence-corrected chi connectivity index (χ0v) is 11.9. The molecule has 0 bridgehead atoms. The van der Waals surface area contributed by atoms with Gasteiger partial charge >= 0.3 is 0 Å². The summed E-state index contributed by atoms with van der Waals surface area (Å²) in [5.41, 5.74) is 0.686. The molecule has 1 aromatic carbocycles. The van der Waals surface area contributed by atoms with Gasteiger partial charge in [0.2, 0.25) is 0 Å². The van der Waals surface area contributed by atoms with Gasteiger partial charge in [0.15, 0.2) is 0 Å². The average Bonchev–Trinajstić information content (AvgIpc) is 2.45. The number of halogens is 1. The first-order valence-electron chi connectivity index (χ1n) is 6.73. The fourth-order valence-electron chi connectivity index (χ4n) is 2.92. The Bertz CT molecular complexity index is 436. The molecule has 4 heteroatoms. The number of hydrogen-bond donors (Lipinski definition) is 1. The van der Waals surface area contributed by atoms with E-state index in [1.165, 1.54) is 6.07 Å². The van der Waals surface area contributed by atoms with Crippen LogP contribution in [0.15, 0.2) is 24.3 Å². The minimum Gasteiger partial charge on any atom is -0.395 e. The van der Waals surface area contributed by atoms with Crippen LogP contribution in [-0.2, 0) is 0 Å². The maximum absolute atomic E-state index is 14.0. The van der Waals surface area contributed by atoms with E-state index in [0.717, 1.165) is 13.1 Å². The summed E-state index contributed by atoms with van der Waals surface area (Å²) in [5, 5.41) is 9.53. The number of anilines is 1. The van der Waals surface area contributed by atoms with Gasteiger partial charge in [-0.3, -0.25) is 4.90 Å². The van der Waals surface area contributed by atoms with Crippen molar-refractivity contribution in [2.75, 3.05) is 38.2 Å². The van der Waals surface area contributed by atoms with E-state index in [9.17, 15) is 9.50 Å². The highest BCUT2D eigenvalue weighted by molar-refractivity contribution is 5.48. The molecule has 0 radical (unpaired) electrons. The van der Waals surface area contributed by atoms with Gasteiger partial charge in [0, 0.05) is 25.7 Å². The van der Waals surface area contributed by atoms with Crippen LogP contribution in [0.4, 0.5) is 10.1 Å². The van der Waals surface area contributed by atoms with Gasteiger partial charge in [-0.25, -0.2) is 4.39 Å². The number of para-hydroxylation sites is 1. The summed E-state index contributed by atoms with van der Waals surface area (Å²) in [4.78, 5) is 4.22. The number of likely N-dealkylation sites (N-methyl/N-ethyl adjacent to an activating group) is 1. The second kappa shape index (κ2) is 5.47. The molecule has 1 saturated heterocycles. The molecule has 1 fully saturated rings. The van der Waals surface area contributed by atoms with Crippen LogP contribution in [0, 0.1) is 11.2 Å². The Hall–Kier alpha value is -1.13. The zero-order valence-electron chi connectivity index (χ0n) is 11.9. The largest absolute Gasteiger partial charge is 0.395 e. The van der Waals surface area contributed by atoms with Crippen molar-refractivity contribution in [3.8, 4) is 0 Å². The van der Waals surface area contributed by atoms with Gasteiger partial charge in [-0.05, 0) is 24.6 Å². The van der Waals surface area contributed by atoms with Crippen molar-refractivity contribution in [1.82, 2.24) is 4.90 Å². The molecule has 1 aliphatic heterocycles. The second-order valence-corrected chi connectivity index (χ2v) is 6.25. The van der Waals surface area contributed by atoms with E-state index < -0.39 is 0 Å². The molecule has 1 heterocycles. The summed E-state index contributed by atoms with van der Waals surface area (Å²) in [6.45, 7) is 6.78. The lowest BCUT2D eigenvalue weighted by Gasteiger charge is -2.31. The molecule has 0 aliphatic carbocycles. The molecular formula is C15H23FN2O. The number of benzene rings is 1. The highest BCUT2D eigenvalue weighted by atomic mass is 19.1. The number of rotatable bonds is 2. The standard InChI is InChI=1S/C15H23FN2O/c1-15(2)10-17(3)12(9-19)8-18(11-15)14-7-5-4-6-13(14)16/h4-7,12,19H,8-11H2,1-3H3. The van der Waals surface area contributed by atoms with Crippen molar-refractivity contribution in [1.29, 1.82) is 0 Å². The van der Waals surface area contributed by atoms with E-state index in [4.69, 9.17) is 0 Å². The average molecular weight is 266 g/mol. The molecule has 106 valence electrons. The molecule has 1 atom stereocenters. The lowest BCUT2D eigenvalue weighted by Crippen LogP contribution is -2.41. The molecule has 1 unspecified atom stereocenters. The Morgan fingerprint density at radius 1 is 1.32 bits per heavy atom. The molecule has 2 rings (SSSR count). The van der Waals surface area contributed by atoms with Gasteiger partial charge in [-0.1, -0.05) is 26.0 Å². The number of hydrogen-bond acceptors (Lipinski definition) is 3. The molecule has 0 aromatic heterocycles. The van der Waals surface area contributed by atoms with Gasteiger partial charge in [-0.15, -0.1) is 0 Å². The first kappa shape index (κ1) is 14.3. The molecule has 0 saturated carbocycles. The third kappa shape index (κ3) is 3.25. The van der Waals surface area contributed by atoms with Crippen LogP contribution in [0.1, 0.15) is 13.8 Å². The first-order chi connectivity index (χ1) is 8.93. The second-order valence-electron chi connectivity index (χ2n) is 6.25. The molecule has 0 amide bonds. The maximum Gasteiger partial charge on any atom is 0.146 e. The van der Waals surface area contributed by atoms with Crippen LogP contribution in [-0.4, -0.2) is 49.3 Å². The van der Waals surface area contributed by atoms with Crippen molar-refractivity contribution in [2.45, 2.75) is 19.9 Å². The predicted octanol–water partition coefficient (Wildman–Crippen LogP) is 1.96. The molecule has 0 spiro atoms. The highest BCUT2D eigenvalue weighted by Gasteiger charge is 2.32. The summed E-state index contributed by atoms with van der Waals surface area (Å²) in [6.07, 6.45) is 0.